The van der Waals surface area contributed by atoms with Crippen LogP contribution in [0.2, 0.25) is 0 Å². The Morgan fingerprint density at radius 3 is 2.41 bits per heavy atom. The van der Waals surface area contributed by atoms with E-state index >= 15 is 0 Å². The lowest BCUT2D eigenvalue weighted by atomic mass is 9.97. The van der Waals surface area contributed by atoms with Crippen LogP contribution < -0.4 is 5.32 Å². The van der Waals surface area contributed by atoms with Gasteiger partial charge in [0.1, 0.15) is 11.8 Å². The number of nitrogens with zero attached hydrogens (tertiary/aromatic N) is 4. The van der Waals surface area contributed by atoms with Crippen molar-refractivity contribution in [2.24, 2.45) is 0 Å². The zero-order valence-electron chi connectivity index (χ0n) is 30.9. The number of esters is 1. The van der Waals surface area contributed by atoms with E-state index in [4.69, 9.17) is 9.47 Å². The van der Waals surface area contributed by atoms with Crippen molar-refractivity contribution >= 4 is 29.7 Å². The number of rotatable bonds is 11. The molecule has 3 heterocycles. The number of aryl methyl sites for hydroxylation is 2. The average Bonchev–Trinajstić information content (AvgIpc) is 3.31. The summed E-state index contributed by atoms with van der Waals surface area (Å²) in [6.07, 6.45) is 4.74. The monoisotopic (exact) mass is 705 g/mol. The van der Waals surface area contributed by atoms with Crippen LogP contribution in [0.1, 0.15) is 74.1 Å². The molecular formula is C39H55N5O7. The molecule has 51 heavy (non-hydrogen) atoms. The molecule has 0 saturated carbocycles. The van der Waals surface area contributed by atoms with Gasteiger partial charge in [0.2, 0.25) is 0 Å². The number of benzene rings is 2. The molecule has 12 heteroatoms. The van der Waals surface area contributed by atoms with Gasteiger partial charge in [-0.15, -0.1) is 0 Å². The van der Waals surface area contributed by atoms with E-state index < -0.39 is 12.2 Å². The lowest BCUT2D eigenvalue weighted by Gasteiger charge is -2.40. The highest BCUT2D eigenvalue weighted by Crippen LogP contribution is 2.28. The molecule has 3 atom stereocenters. The summed E-state index contributed by atoms with van der Waals surface area (Å²) in [5.41, 5.74) is 4.11. The predicted octanol–water partition coefficient (Wildman–Crippen LogP) is 5.27. The van der Waals surface area contributed by atoms with Gasteiger partial charge in [-0.05, 0) is 93.7 Å². The molecule has 1 unspecified atom stereocenters. The Morgan fingerprint density at radius 1 is 1.02 bits per heavy atom. The van der Waals surface area contributed by atoms with E-state index in [0.717, 1.165) is 55.5 Å². The van der Waals surface area contributed by atoms with E-state index in [1.54, 1.807) is 30.7 Å². The van der Waals surface area contributed by atoms with E-state index in [0.29, 0.717) is 56.6 Å². The number of hydrogen-bond donors (Lipinski definition) is 2. The molecule has 3 aliphatic heterocycles. The Morgan fingerprint density at radius 2 is 1.73 bits per heavy atom. The zero-order valence-corrected chi connectivity index (χ0v) is 30.9. The number of carbonyl (C=O) groups is 4. The van der Waals surface area contributed by atoms with Crippen LogP contribution in [0.4, 0.5) is 15.3 Å². The van der Waals surface area contributed by atoms with Gasteiger partial charge in [0.05, 0.1) is 7.11 Å². The summed E-state index contributed by atoms with van der Waals surface area (Å²) in [6.45, 7) is 8.36. The first-order chi connectivity index (χ1) is 24.5. The minimum atomic E-state index is -1.07. The predicted molar refractivity (Wildman–Crippen MR) is 195 cm³/mol. The Bertz CT molecular complexity index is 1540. The van der Waals surface area contributed by atoms with Gasteiger partial charge in [0.25, 0.3) is 5.91 Å². The maximum Gasteiger partial charge on any atom is 0.410 e. The molecule has 4 amide bonds. The minimum absolute atomic E-state index is 0.0138. The number of urea groups is 1. The van der Waals surface area contributed by atoms with Gasteiger partial charge in [-0.25, -0.2) is 9.59 Å². The highest BCUT2D eigenvalue weighted by atomic mass is 16.6. The SMILES string of the molecule is CCC(CCN(C)C(=O)[C@@H](Cc1cc(C)c(O)c(C)c1)OC(=O)N1CCC(N2CCc3ccccc3NC2=O)CC1)N1CCCC[C@H]1C(=O)OC. The summed E-state index contributed by atoms with van der Waals surface area (Å²) in [5, 5.41) is 13.4. The first-order valence-corrected chi connectivity index (χ1v) is 18.5. The summed E-state index contributed by atoms with van der Waals surface area (Å²) < 4.78 is 11.1. The van der Waals surface area contributed by atoms with Crippen molar-refractivity contribution in [1.82, 2.24) is 19.6 Å². The van der Waals surface area contributed by atoms with Crippen LogP contribution in [-0.2, 0) is 31.9 Å². The molecule has 3 aliphatic rings. The lowest BCUT2D eigenvalue weighted by molar-refractivity contribution is -0.150. The van der Waals surface area contributed by atoms with E-state index in [1.807, 2.05) is 41.3 Å². The fraction of sp³-hybridized carbons (Fsp3) is 0.590. The Hall–Kier alpha value is -4.32. The third-order valence-corrected chi connectivity index (χ3v) is 10.9. The Labute approximate surface area is 302 Å². The molecule has 2 fully saturated rings. The molecule has 2 aromatic carbocycles. The molecule has 278 valence electrons. The molecular weight excluding hydrogens is 650 g/mol. The van der Waals surface area contributed by atoms with Crippen molar-refractivity contribution < 1.29 is 33.8 Å². The topological polar surface area (TPSA) is 132 Å². The van der Waals surface area contributed by atoms with Gasteiger partial charge >= 0.3 is 18.1 Å². The average molecular weight is 706 g/mol. The first-order valence-electron chi connectivity index (χ1n) is 18.5. The summed E-state index contributed by atoms with van der Waals surface area (Å²) >= 11 is 0. The number of para-hydroxylation sites is 1. The number of carbonyl (C=O) groups excluding carboxylic acids is 4. The molecule has 0 bridgehead atoms. The second-order valence-electron chi connectivity index (χ2n) is 14.3. The van der Waals surface area contributed by atoms with Crippen LogP contribution >= 0.6 is 0 Å². The number of hydrogen-bond acceptors (Lipinski definition) is 8. The molecule has 0 aromatic heterocycles. The summed E-state index contributed by atoms with van der Waals surface area (Å²) in [7, 11) is 3.16. The van der Waals surface area contributed by atoms with Gasteiger partial charge in [0, 0.05) is 57.4 Å². The summed E-state index contributed by atoms with van der Waals surface area (Å²) in [6, 6.07) is 11.2. The number of phenolic OH excluding ortho intramolecular Hbond substituents is 1. The normalized spacial score (nSPS) is 19.7. The highest BCUT2D eigenvalue weighted by molar-refractivity contribution is 5.91. The van der Waals surface area contributed by atoms with Crippen LogP contribution in [0.25, 0.3) is 0 Å². The van der Waals surface area contributed by atoms with Gasteiger partial charge < -0.3 is 34.6 Å². The lowest BCUT2D eigenvalue weighted by Crippen LogP contribution is -2.52. The molecule has 0 radical (unpaired) electrons. The van der Waals surface area contributed by atoms with Crippen LogP contribution in [0.15, 0.2) is 36.4 Å². The fourth-order valence-corrected chi connectivity index (χ4v) is 7.93. The minimum Gasteiger partial charge on any atom is -0.507 e. The molecule has 5 rings (SSSR count). The Balaban J connectivity index is 1.23. The second kappa shape index (κ2) is 17.3. The number of piperidine rings is 2. The van der Waals surface area contributed by atoms with Crippen molar-refractivity contribution in [2.45, 2.75) is 103 Å². The van der Waals surface area contributed by atoms with Crippen molar-refractivity contribution in [2.75, 3.05) is 52.2 Å². The summed E-state index contributed by atoms with van der Waals surface area (Å²) in [4.78, 5) is 60.8. The van der Waals surface area contributed by atoms with Crippen LogP contribution in [0, 0.1) is 13.8 Å². The zero-order chi connectivity index (χ0) is 36.7. The largest absolute Gasteiger partial charge is 0.507 e. The number of likely N-dealkylation sites (tertiary alicyclic amines) is 2. The van der Waals surface area contributed by atoms with Crippen molar-refractivity contribution in [3.05, 3.63) is 58.7 Å². The van der Waals surface area contributed by atoms with Crippen LogP contribution in [0.3, 0.4) is 0 Å². The van der Waals surface area contributed by atoms with Crippen molar-refractivity contribution in [3.63, 3.8) is 0 Å². The number of likely N-dealkylation sites (N-methyl/N-ethyl adjacent to an activating group) is 1. The van der Waals surface area contributed by atoms with Crippen molar-refractivity contribution in [1.29, 1.82) is 0 Å². The molecule has 2 saturated heterocycles. The number of methoxy groups -OCH3 is 1. The number of fused-ring (bicyclic) bond motifs is 1. The number of ether oxygens (including phenoxy) is 2. The maximum atomic E-state index is 14.1. The summed E-state index contributed by atoms with van der Waals surface area (Å²) in [5.74, 6) is -0.317. The smallest absolute Gasteiger partial charge is 0.410 e. The van der Waals surface area contributed by atoms with E-state index in [9.17, 15) is 24.3 Å². The van der Waals surface area contributed by atoms with E-state index in [1.165, 1.54) is 7.11 Å². The van der Waals surface area contributed by atoms with Crippen molar-refractivity contribution in [3.8, 4) is 5.75 Å². The van der Waals surface area contributed by atoms with Gasteiger partial charge in [-0.1, -0.05) is 43.7 Å². The standard InChI is InChI=1S/C39H55N5O7/c1-6-30(43-18-10-9-13-33(43)37(47)50-5)15-19-41(4)36(46)34(25-28-23-26(2)35(45)27(3)24-28)51-39(49)42-20-16-31(17-21-42)44-22-14-29-11-7-8-12-32(29)40-38(44)48/h7-8,11-12,23-24,30-31,33-34,45H,6,9-10,13-22,25H2,1-5H3,(H,40,48)/t30?,33-,34+/m0/s1. The number of nitrogens with one attached hydrogen (secondary N) is 1. The quantitative estimate of drug-likeness (QED) is 0.303. The molecule has 0 spiro atoms. The Kier molecular flexibility index (Phi) is 12.8. The molecule has 2 aromatic rings. The molecule has 0 aliphatic carbocycles. The second-order valence-corrected chi connectivity index (χ2v) is 14.3. The fourth-order valence-electron chi connectivity index (χ4n) is 7.93. The highest BCUT2D eigenvalue weighted by Gasteiger charge is 2.36. The number of aromatic hydroxyl groups is 1. The van der Waals surface area contributed by atoms with Gasteiger partial charge in [0.15, 0.2) is 6.10 Å². The van der Waals surface area contributed by atoms with Gasteiger partial charge in [-0.2, -0.15) is 0 Å². The van der Waals surface area contributed by atoms with E-state index in [2.05, 4.69) is 17.1 Å². The molecule has 12 nitrogen and oxygen atoms in total. The number of anilines is 1. The van der Waals surface area contributed by atoms with Crippen LogP contribution in [0.5, 0.6) is 5.75 Å². The van der Waals surface area contributed by atoms with Gasteiger partial charge in [-0.3, -0.25) is 14.5 Å². The number of phenols is 1. The van der Waals surface area contributed by atoms with E-state index in [-0.39, 0.29) is 48.2 Å². The number of amides is 4. The third kappa shape index (κ3) is 9.13. The van der Waals surface area contributed by atoms with Crippen LogP contribution in [-0.4, -0.2) is 120 Å². The first kappa shape index (κ1) is 37.9. The maximum absolute atomic E-state index is 14.1. The third-order valence-electron chi connectivity index (χ3n) is 10.9. The molecule has 2 N–H and O–H groups in total.